The number of carbonyl (C=O) groups is 1. The highest BCUT2D eigenvalue weighted by Crippen LogP contribution is 2.35. The Morgan fingerprint density at radius 1 is 1.34 bits per heavy atom. The van der Waals surface area contributed by atoms with E-state index in [4.69, 9.17) is 9.78 Å². The van der Waals surface area contributed by atoms with Gasteiger partial charge in [-0.05, 0) is 44.0 Å². The van der Waals surface area contributed by atoms with Gasteiger partial charge in [-0.3, -0.25) is 4.79 Å². The van der Waals surface area contributed by atoms with E-state index >= 15 is 0 Å². The van der Waals surface area contributed by atoms with Gasteiger partial charge < -0.3 is 9.84 Å². The summed E-state index contributed by atoms with van der Waals surface area (Å²) in [7, 11) is -3.79. The van der Waals surface area contributed by atoms with Crippen LogP contribution in [0.15, 0.2) is 39.8 Å². The van der Waals surface area contributed by atoms with Crippen LogP contribution in [0.25, 0.3) is 10.7 Å². The highest BCUT2D eigenvalue weighted by Gasteiger charge is 2.35. The summed E-state index contributed by atoms with van der Waals surface area (Å²) in [5.41, 5.74) is 0.957. The zero-order valence-electron chi connectivity index (χ0n) is 17.5. The maximum atomic E-state index is 13.4. The first-order valence-corrected chi connectivity index (χ1v) is 12.3. The molecule has 32 heavy (non-hydrogen) atoms. The second-order valence-corrected chi connectivity index (χ2v) is 10.7. The summed E-state index contributed by atoms with van der Waals surface area (Å²) in [5, 5.41) is 15.7. The van der Waals surface area contributed by atoms with Crippen LogP contribution in [0.4, 0.5) is 5.69 Å². The Labute approximate surface area is 189 Å². The third kappa shape index (κ3) is 4.43. The Morgan fingerprint density at radius 3 is 2.88 bits per heavy atom. The molecule has 2 aromatic heterocycles. The summed E-state index contributed by atoms with van der Waals surface area (Å²) in [6, 6.07) is 10.2. The van der Waals surface area contributed by atoms with E-state index < -0.39 is 15.9 Å². The van der Waals surface area contributed by atoms with Gasteiger partial charge in [0.2, 0.25) is 27.6 Å². The quantitative estimate of drug-likeness (QED) is 0.604. The molecule has 0 aliphatic carbocycles. The van der Waals surface area contributed by atoms with Crippen molar-refractivity contribution in [2.75, 3.05) is 18.4 Å². The lowest BCUT2D eigenvalue weighted by Crippen LogP contribution is -2.43. The van der Waals surface area contributed by atoms with Crippen LogP contribution < -0.4 is 5.32 Å². The molecule has 4 rings (SSSR count). The maximum absolute atomic E-state index is 13.4. The molecule has 3 aromatic rings. The SMILES string of the molecule is Cc1nc(-c2cc(S(=O)(=O)N3CCC[C@@H](C(=O)Nc4cccc(C#N)c4)C3)c(C)s2)no1. The van der Waals surface area contributed by atoms with Gasteiger partial charge in [0, 0.05) is 30.6 Å². The molecule has 166 valence electrons. The second kappa shape index (κ2) is 8.82. The van der Waals surface area contributed by atoms with Crippen LogP contribution in [0.5, 0.6) is 0 Å². The van der Waals surface area contributed by atoms with Crippen molar-refractivity contribution in [3.05, 3.63) is 46.7 Å². The average Bonchev–Trinajstić information content (AvgIpc) is 3.39. The van der Waals surface area contributed by atoms with Gasteiger partial charge in [0.15, 0.2) is 0 Å². The van der Waals surface area contributed by atoms with Gasteiger partial charge in [0.05, 0.1) is 27.3 Å². The molecular weight excluding hydrogens is 450 g/mol. The van der Waals surface area contributed by atoms with Gasteiger partial charge in [-0.1, -0.05) is 11.2 Å². The van der Waals surface area contributed by atoms with Gasteiger partial charge >= 0.3 is 0 Å². The number of amides is 1. The topological polar surface area (TPSA) is 129 Å². The zero-order valence-corrected chi connectivity index (χ0v) is 19.2. The van der Waals surface area contributed by atoms with Crippen molar-refractivity contribution in [3.63, 3.8) is 0 Å². The molecule has 1 saturated heterocycles. The minimum Gasteiger partial charge on any atom is -0.339 e. The monoisotopic (exact) mass is 471 g/mol. The Bertz CT molecular complexity index is 1310. The number of piperidine rings is 1. The summed E-state index contributed by atoms with van der Waals surface area (Å²) >= 11 is 1.29. The zero-order chi connectivity index (χ0) is 22.9. The summed E-state index contributed by atoms with van der Waals surface area (Å²) in [6.45, 7) is 3.86. The van der Waals surface area contributed by atoms with Crippen LogP contribution in [0, 0.1) is 31.1 Å². The number of nitriles is 1. The highest BCUT2D eigenvalue weighted by atomic mass is 32.2. The Balaban J connectivity index is 1.51. The number of aryl methyl sites for hydroxylation is 2. The predicted molar refractivity (Wildman–Crippen MR) is 118 cm³/mol. The van der Waals surface area contributed by atoms with Crippen LogP contribution >= 0.6 is 11.3 Å². The second-order valence-electron chi connectivity index (χ2n) is 7.55. The van der Waals surface area contributed by atoms with E-state index in [1.165, 1.54) is 15.6 Å². The van der Waals surface area contributed by atoms with Crippen LogP contribution in [0.1, 0.15) is 29.2 Å². The van der Waals surface area contributed by atoms with Crippen LogP contribution in [-0.2, 0) is 14.8 Å². The molecule has 1 aliphatic heterocycles. The van der Waals surface area contributed by atoms with Gasteiger partial charge in [0.1, 0.15) is 0 Å². The van der Waals surface area contributed by atoms with Gasteiger partial charge in [-0.15, -0.1) is 11.3 Å². The molecule has 1 aromatic carbocycles. The van der Waals surface area contributed by atoms with Gasteiger partial charge in [0.25, 0.3) is 0 Å². The lowest BCUT2D eigenvalue weighted by molar-refractivity contribution is -0.120. The van der Waals surface area contributed by atoms with Crippen LogP contribution in [-0.4, -0.2) is 41.9 Å². The molecule has 0 bridgehead atoms. The molecule has 1 N–H and O–H groups in total. The van der Waals surface area contributed by atoms with E-state index in [2.05, 4.69) is 15.5 Å². The molecule has 0 saturated carbocycles. The summed E-state index contributed by atoms with van der Waals surface area (Å²) in [6.07, 6.45) is 1.17. The number of hydrogen-bond acceptors (Lipinski definition) is 8. The first-order valence-electron chi connectivity index (χ1n) is 10.00. The largest absolute Gasteiger partial charge is 0.339 e. The number of sulfonamides is 1. The fourth-order valence-corrected chi connectivity index (χ4v) is 6.67. The van der Waals surface area contributed by atoms with Crippen molar-refractivity contribution in [3.8, 4) is 16.8 Å². The molecule has 0 unspecified atom stereocenters. The third-order valence-corrected chi connectivity index (χ3v) is 8.42. The summed E-state index contributed by atoms with van der Waals surface area (Å²) in [5.74, 6) is 0.0146. The van der Waals surface area contributed by atoms with Crippen molar-refractivity contribution in [1.29, 1.82) is 5.26 Å². The minimum absolute atomic E-state index is 0.0953. The van der Waals surface area contributed by atoms with E-state index in [1.54, 1.807) is 44.2 Å². The van der Waals surface area contributed by atoms with Crippen molar-refractivity contribution in [2.24, 2.45) is 5.92 Å². The van der Waals surface area contributed by atoms with Crippen LogP contribution in [0.3, 0.4) is 0 Å². The molecule has 9 nitrogen and oxygen atoms in total. The van der Waals surface area contributed by atoms with Gasteiger partial charge in [-0.2, -0.15) is 14.6 Å². The summed E-state index contributed by atoms with van der Waals surface area (Å²) < 4.78 is 33.1. The lowest BCUT2D eigenvalue weighted by atomic mass is 9.98. The Morgan fingerprint density at radius 2 is 2.16 bits per heavy atom. The molecule has 1 amide bonds. The van der Waals surface area contributed by atoms with E-state index in [0.717, 1.165) is 0 Å². The number of thiophene rings is 1. The fraction of sp³-hybridized carbons (Fsp3) is 0.333. The number of nitrogens with zero attached hydrogens (tertiary/aromatic N) is 4. The number of carbonyl (C=O) groups excluding carboxylic acids is 1. The van der Waals surface area contributed by atoms with E-state index in [9.17, 15) is 13.2 Å². The van der Waals surface area contributed by atoms with E-state index in [-0.39, 0.29) is 17.3 Å². The highest BCUT2D eigenvalue weighted by molar-refractivity contribution is 7.89. The number of aromatic nitrogens is 2. The Hall–Kier alpha value is -3.07. The smallest absolute Gasteiger partial charge is 0.244 e. The number of benzene rings is 1. The number of hydrogen-bond donors (Lipinski definition) is 1. The molecule has 0 spiro atoms. The van der Waals surface area contributed by atoms with Gasteiger partial charge in [-0.25, -0.2) is 8.42 Å². The first-order chi connectivity index (χ1) is 15.3. The number of nitrogens with one attached hydrogen (secondary N) is 1. The minimum atomic E-state index is -3.79. The van der Waals surface area contributed by atoms with Crippen molar-refractivity contribution < 1.29 is 17.7 Å². The number of anilines is 1. The van der Waals surface area contributed by atoms with Crippen molar-refractivity contribution in [1.82, 2.24) is 14.4 Å². The molecule has 11 heteroatoms. The normalized spacial score (nSPS) is 17.1. The average molecular weight is 472 g/mol. The predicted octanol–water partition coefficient (Wildman–Crippen LogP) is 3.33. The summed E-state index contributed by atoms with van der Waals surface area (Å²) in [4.78, 5) is 18.4. The van der Waals surface area contributed by atoms with Crippen molar-refractivity contribution in [2.45, 2.75) is 31.6 Å². The molecule has 0 radical (unpaired) electrons. The number of rotatable bonds is 5. The fourth-order valence-electron chi connectivity index (χ4n) is 3.66. The molecule has 1 fully saturated rings. The van der Waals surface area contributed by atoms with Crippen LogP contribution in [0.2, 0.25) is 0 Å². The molecule has 3 heterocycles. The van der Waals surface area contributed by atoms with Crippen molar-refractivity contribution >= 4 is 33.0 Å². The van der Waals surface area contributed by atoms with E-state index in [0.29, 0.717) is 52.1 Å². The molecule has 1 aliphatic rings. The maximum Gasteiger partial charge on any atom is 0.244 e. The van der Waals surface area contributed by atoms with E-state index in [1.807, 2.05) is 6.07 Å². The Kier molecular flexibility index (Phi) is 6.10. The molecule has 1 atom stereocenters. The lowest BCUT2D eigenvalue weighted by Gasteiger charge is -2.31. The standard InChI is InChI=1S/C21H21N5O4S2/c1-13-19(10-18(31-13)20-23-14(2)30-25-20)32(28,29)26-8-4-6-16(12-26)21(27)24-17-7-3-5-15(9-17)11-22/h3,5,7,9-10,16H,4,6,8,12H2,1-2H3,(H,24,27)/t16-/m1/s1. The molecular formula is C21H21N5O4S2. The third-order valence-electron chi connectivity index (χ3n) is 5.25. The first kappa shape index (κ1) is 22.1.